The zero-order valence-electron chi connectivity index (χ0n) is 19.4. The number of nitrogens with zero attached hydrogens (tertiary/aromatic N) is 2. The van der Waals surface area contributed by atoms with Gasteiger partial charge in [-0.2, -0.15) is 0 Å². The van der Waals surface area contributed by atoms with E-state index in [4.69, 9.17) is 9.84 Å². The van der Waals surface area contributed by atoms with E-state index < -0.39 is 23.8 Å². The normalized spacial score (nSPS) is 14.9. The van der Waals surface area contributed by atoms with Crippen molar-refractivity contribution in [3.63, 3.8) is 0 Å². The Hall–Kier alpha value is -4.66. The number of carboxylic acid groups (broad SMARTS) is 1. The van der Waals surface area contributed by atoms with Crippen LogP contribution in [0, 0.1) is 13.8 Å². The van der Waals surface area contributed by atoms with Gasteiger partial charge in [0.2, 0.25) is 0 Å². The molecule has 178 valence electrons. The molecule has 4 amide bonds. The minimum absolute atomic E-state index is 0.167. The number of barbiturate groups is 1. The second kappa shape index (κ2) is 9.30. The lowest BCUT2D eigenvalue weighted by molar-refractivity contribution is -0.122. The van der Waals surface area contributed by atoms with Gasteiger partial charge >= 0.3 is 12.0 Å². The number of ether oxygens (including phenoxy) is 1. The molecule has 1 aliphatic heterocycles. The van der Waals surface area contributed by atoms with E-state index in [9.17, 15) is 19.2 Å². The molecule has 1 aliphatic rings. The van der Waals surface area contributed by atoms with Gasteiger partial charge in [-0.3, -0.25) is 14.9 Å². The Morgan fingerprint density at radius 1 is 1.06 bits per heavy atom. The van der Waals surface area contributed by atoms with E-state index in [1.807, 2.05) is 24.5 Å². The fourth-order valence-electron chi connectivity index (χ4n) is 4.04. The van der Waals surface area contributed by atoms with E-state index in [2.05, 4.69) is 5.32 Å². The summed E-state index contributed by atoms with van der Waals surface area (Å²) in [6.07, 6.45) is 1.45. The van der Waals surface area contributed by atoms with Gasteiger partial charge in [0.05, 0.1) is 17.9 Å². The van der Waals surface area contributed by atoms with Crippen LogP contribution in [-0.4, -0.2) is 40.1 Å². The van der Waals surface area contributed by atoms with E-state index >= 15 is 0 Å². The highest BCUT2D eigenvalue weighted by Crippen LogP contribution is 2.32. The summed E-state index contributed by atoms with van der Waals surface area (Å²) in [5.41, 5.74) is 3.09. The van der Waals surface area contributed by atoms with E-state index in [0.717, 1.165) is 22.0 Å². The first-order chi connectivity index (χ1) is 16.7. The number of aromatic carboxylic acids is 1. The van der Waals surface area contributed by atoms with Gasteiger partial charge < -0.3 is 14.4 Å². The maximum atomic E-state index is 13.3. The van der Waals surface area contributed by atoms with E-state index in [1.54, 1.807) is 43.3 Å². The van der Waals surface area contributed by atoms with Crippen molar-refractivity contribution in [2.45, 2.75) is 20.8 Å². The van der Waals surface area contributed by atoms with Gasteiger partial charge in [0.25, 0.3) is 11.8 Å². The lowest BCUT2D eigenvalue weighted by atomic mass is 10.1. The fraction of sp³-hybridized carbons (Fsp3) is 0.154. The molecule has 35 heavy (non-hydrogen) atoms. The van der Waals surface area contributed by atoms with Gasteiger partial charge in [-0.05, 0) is 74.9 Å². The van der Waals surface area contributed by atoms with Crippen molar-refractivity contribution >= 4 is 35.6 Å². The quantitative estimate of drug-likeness (QED) is 0.415. The van der Waals surface area contributed by atoms with Crippen LogP contribution >= 0.6 is 0 Å². The highest BCUT2D eigenvalue weighted by atomic mass is 16.5. The number of rotatable bonds is 6. The van der Waals surface area contributed by atoms with Crippen molar-refractivity contribution in [2.75, 3.05) is 11.5 Å². The highest BCUT2D eigenvalue weighted by molar-refractivity contribution is 6.39. The largest absolute Gasteiger partial charge is 0.492 e. The monoisotopic (exact) mass is 473 g/mol. The third kappa shape index (κ3) is 4.31. The van der Waals surface area contributed by atoms with Crippen molar-refractivity contribution in [3.8, 4) is 11.4 Å². The molecule has 9 nitrogen and oxygen atoms in total. The number of hydrogen-bond donors (Lipinski definition) is 2. The molecule has 0 saturated carbocycles. The molecule has 0 radical (unpaired) electrons. The number of carbonyl (C=O) groups excluding carboxylic acids is 3. The number of aryl methyl sites for hydroxylation is 1. The molecule has 0 atom stereocenters. The summed E-state index contributed by atoms with van der Waals surface area (Å²) >= 11 is 0. The fourth-order valence-corrected chi connectivity index (χ4v) is 4.04. The first kappa shape index (κ1) is 23.5. The van der Waals surface area contributed by atoms with Crippen LogP contribution < -0.4 is 15.0 Å². The number of urea groups is 1. The number of benzene rings is 2. The molecule has 2 N–H and O–H groups in total. The Morgan fingerprint density at radius 2 is 1.74 bits per heavy atom. The Morgan fingerprint density at radius 3 is 2.40 bits per heavy atom. The molecule has 0 unspecified atom stereocenters. The number of carboxylic acids is 1. The number of anilines is 1. The number of para-hydroxylation sites is 2. The minimum atomic E-state index is -1.02. The van der Waals surface area contributed by atoms with Crippen LogP contribution in [0.15, 0.2) is 60.2 Å². The lowest BCUT2D eigenvalue weighted by Gasteiger charge is -2.27. The van der Waals surface area contributed by atoms with Crippen molar-refractivity contribution in [1.29, 1.82) is 0 Å². The van der Waals surface area contributed by atoms with Crippen LogP contribution in [0.1, 0.15) is 34.2 Å². The molecule has 2 heterocycles. The van der Waals surface area contributed by atoms with Crippen molar-refractivity contribution < 1.29 is 29.0 Å². The van der Waals surface area contributed by atoms with Gasteiger partial charge in [0, 0.05) is 17.1 Å². The summed E-state index contributed by atoms with van der Waals surface area (Å²) in [7, 11) is 0. The van der Waals surface area contributed by atoms with Gasteiger partial charge in [-0.15, -0.1) is 0 Å². The molecule has 1 fully saturated rings. The van der Waals surface area contributed by atoms with E-state index in [1.165, 1.54) is 18.2 Å². The predicted octanol–water partition coefficient (Wildman–Crippen LogP) is 3.86. The van der Waals surface area contributed by atoms with Crippen molar-refractivity contribution in [1.82, 2.24) is 9.88 Å². The topological polar surface area (TPSA) is 118 Å². The Labute approximate surface area is 201 Å². The van der Waals surface area contributed by atoms with Crippen molar-refractivity contribution in [3.05, 3.63) is 82.7 Å². The van der Waals surface area contributed by atoms with Gasteiger partial charge in [-0.1, -0.05) is 12.1 Å². The molecule has 2 aromatic carbocycles. The Kier molecular flexibility index (Phi) is 6.24. The number of amides is 4. The Balaban J connectivity index is 1.74. The first-order valence-corrected chi connectivity index (χ1v) is 10.9. The zero-order valence-corrected chi connectivity index (χ0v) is 19.4. The summed E-state index contributed by atoms with van der Waals surface area (Å²) in [4.78, 5) is 50.6. The minimum Gasteiger partial charge on any atom is -0.492 e. The molecular formula is C26H23N3O6. The second-order valence-electron chi connectivity index (χ2n) is 7.87. The summed E-state index contributed by atoms with van der Waals surface area (Å²) in [5.74, 6) is -2.23. The number of imide groups is 2. The zero-order chi connectivity index (χ0) is 25.3. The molecular weight excluding hydrogens is 450 g/mol. The van der Waals surface area contributed by atoms with Crippen LogP contribution in [0.5, 0.6) is 5.75 Å². The van der Waals surface area contributed by atoms with E-state index in [-0.39, 0.29) is 16.8 Å². The lowest BCUT2D eigenvalue weighted by Crippen LogP contribution is -2.54. The molecule has 4 rings (SSSR count). The molecule has 0 spiro atoms. The van der Waals surface area contributed by atoms with Crippen LogP contribution in [0.2, 0.25) is 0 Å². The average Bonchev–Trinajstić information content (AvgIpc) is 3.10. The van der Waals surface area contributed by atoms with Gasteiger partial charge in [-0.25, -0.2) is 14.5 Å². The second-order valence-corrected chi connectivity index (χ2v) is 7.87. The third-order valence-electron chi connectivity index (χ3n) is 5.65. The summed E-state index contributed by atoms with van der Waals surface area (Å²) in [6.45, 7) is 5.80. The summed E-state index contributed by atoms with van der Waals surface area (Å²) < 4.78 is 7.44. The van der Waals surface area contributed by atoms with E-state index in [0.29, 0.717) is 17.9 Å². The molecule has 3 aromatic rings. The average molecular weight is 473 g/mol. The number of nitrogens with one attached hydrogen (secondary N) is 1. The molecule has 9 heteroatoms. The third-order valence-corrected chi connectivity index (χ3v) is 5.65. The number of hydrogen-bond acceptors (Lipinski definition) is 5. The maximum Gasteiger partial charge on any atom is 0.336 e. The summed E-state index contributed by atoms with van der Waals surface area (Å²) in [6, 6.07) is 13.9. The highest BCUT2D eigenvalue weighted by Gasteiger charge is 2.38. The van der Waals surface area contributed by atoms with Gasteiger partial charge in [0.1, 0.15) is 11.3 Å². The predicted molar refractivity (Wildman–Crippen MR) is 129 cm³/mol. The standard InChI is InChI=1S/C26H23N3O6/c1-4-35-22-8-6-5-7-21(22)29-24(31)20(23(30)27-26(29)34)14-18-13-15(2)28(16(18)3)19-11-9-17(10-12-19)25(32)33/h5-14H,4H2,1-3H3,(H,32,33)(H,27,30,34)/b20-14+. The number of carbonyl (C=O) groups is 4. The molecule has 1 aromatic heterocycles. The molecule has 1 saturated heterocycles. The smallest absolute Gasteiger partial charge is 0.336 e. The summed E-state index contributed by atoms with van der Waals surface area (Å²) in [5, 5.41) is 11.4. The molecule has 0 bridgehead atoms. The Bertz CT molecular complexity index is 1380. The van der Waals surface area contributed by atoms with Crippen LogP contribution in [-0.2, 0) is 9.59 Å². The molecule has 0 aliphatic carbocycles. The SMILES string of the molecule is CCOc1ccccc1N1C(=O)NC(=O)/C(=C\c2cc(C)n(-c3ccc(C(=O)O)cc3)c2C)C1=O. The van der Waals surface area contributed by atoms with Crippen molar-refractivity contribution in [2.24, 2.45) is 0 Å². The number of aromatic nitrogens is 1. The van der Waals surface area contributed by atoms with Crippen LogP contribution in [0.3, 0.4) is 0 Å². The first-order valence-electron chi connectivity index (χ1n) is 10.9. The van der Waals surface area contributed by atoms with Crippen LogP contribution in [0.4, 0.5) is 10.5 Å². The maximum absolute atomic E-state index is 13.3. The van der Waals surface area contributed by atoms with Crippen LogP contribution in [0.25, 0.3) is 11.8 Å². The van der Waals surface area contributed by atoms with Gasteiger partial charge in [0.15, 0.2) is 0 Å².